The van der Waals surface area contributed by atoms with Crippen LogP contribution in [0.4, 0.5) is 0 Å². The highest BCUT2D eigenvalue weighted by atomic mass is 32.2. The molecular formula is C22H32N2O8S2. The summed E-state index contributed by atoms with van der Waals surface area (Å²) < 4.78 is 65.0. The van der Waals surface area contributed by atoms with Crippen molar-refractivity contribution in [1.29, 1.82) is 0 Å². The molecule has 1 aromatic rings. The summed E-state index contributed by atoms with van der Waals surface area (Å²) in [6.45, 7) is 4.49. The molecule has 2 aliphatic heterocycles. The molecule has 2 atom stereocenters. The van der Waals surface area contributed by atoms with E-state index in [2.05, 4.69) is 0 Å². The van der Waals surface area contributed by atoms with Crippen LogP contribution in [-0.2, 0) is 39.1 Å². The number of piperidine rings is 2. The molecule has 0 saturated carbocycles. The van der Waals surface area contributed by atoms with Crippen molar-refractivity contribution in [3.05, 3.63) is 24.3 Å². The number of esters is 2. The normalized spacial score (nSPS) is 22.8. The fourth-order valence-electron chi connectivity index (χ4n) is 4.31. The number of ether oxygens (including phenoxy) is 2. The second kappa shape index (κ2) is 11.1. The predicted molar refractivity (Wildman–Crippen MR) is 123 cm³/mol. The number of benzene rings is 1. The van der Waals surface area contributed by atoms with Crippen LogP contribution in [0, 0.1) is 11.8 Å². The van der Waals surface area contributed by atoms with Crippen molar-refractivity contribution in [2.24, 2.45) is 11.8 Å². The topological polar surface area (TPSA) is 127 Å². The maximum Gasteiger partial charge on any atom is 0.310 e. The Morgan fingerprint density at radius 1 is 0.765 bits per heavy atom. The quantitative estimate of drug-likeness (QED) is 0.477. The van der Waals surface area contributed by atoms with Crippen molar-refractivity contribution >= 4 is 32.0 Å². The lowest BCUT2D eigenvalue weighted by Crippen LogP contribution is -2.43. The largest absolute Gasteiger partial charge is 0.466 e. The van der Waals surface area contributed by atoms with Gasteiger partial charge in [-0.1, -0.05) is 0 Å². The summed E-state index contributed by atoms with van der Waals surface area (Å²) in [4.78, 5) is 24.1. The first-order valence-electron chi connectivity index (χ1n) is 11.5. The standard InChI is InChI=1S/C22H32N2O8S2/c1-3-31-21(25)17-7-5-13-23(15-17)33(27,28)19-9-11-20(12-10-19)34(29,30)24-14-6-8-18(16-24)22(26)32-4-2/h9-12,17-18H,3-8,13-16H2,1-2H3/t17-,18-/m1/s1. The van der Waals surface area contributed by atoms with E-state index in [-0.39, 0.29) is 49.2 Å². The van der Waals surface area contributed by atoms with Gasteiger partial charge in [-0.2, -0.15) is 8.61 Å². The summed E-state index contributed by atoms with van der Waals surface area (Å²) in [7, 11) is -7.80. The highest BCUT2D eigenvalue weighted by Gasteiger charge is 2.36. The SMILES string of the molecule is CCOC(=O)[C@@H]1CCCN(S(=O)(=O)c2ccc(S(=O)(=O)N3CCC[C@@H](C(=O)OCC)C3)cc2)C1. The van der Waals surface area contributed by atoms with Crippen LogP contribution in [0.25, 0.3) is 0 Å². The molecule has 1 aromatic carbocycles. The van der Waals surface area contributed by atoms with Gasteiger partial charge in [-0.25, -0.2) is 16.8 Å². The first kappa shape index (κ1) is 26.6. The molecule has 0 unspecified atom stereocenters. The number of sulfonamides is 2. The lowest BCUT2D eigenvalue weighted by atomic mass is 10.0. The Morgan fingerprint density at radius 3 is 1.44 bits per heavy atom. The zero-order chi connectivity index (χ0) is 24.9. The number of hydrogen-bond acceptors (Lipinski definition) is 8. The molecule has 2 saturated heterocycles. The van der Waals surface area contributed by atoms with E-state index >= 15 is 0 Å². The van der Waals surface area contributed by atoms with Gasteiger partial charge >= 0.3 is 11.9 Å². The average Bonchev–Trinajstić information content (AvgIpc) is 2.84. The zero-order valence-electron chi connectivity index (χ0n) is 19.5. The molecule has 0 bridgehead atoms. The van der Waals surface area contributed by atoms with Crippen LogP contribution < -0.4 is 0 Å². The number of nitrogens with zero attached hydrogens (tertiary/aromatic N) is 2. The Kier molecular flexibility index (Phi) is 8.72. The number of carbonyl (C=O) groups is 2. The van der Waals surface area contributed by atoms with Crippen molar-refractivity contribution in [2.75, 3.05) is 39.4 Å². The molecule has 0 amide bonds. The summed E-state index contributed by atoms with van der Waals surface area (Å²) in [6.07, 6.45) is 2.19. The molecule has 0 spiro atoms. The molecule has 10 nitrogen and oxygen atoms in total. The Hall–Kier alpha value is -2.02. The number of carbonyl (C=O) groups excluding carboxylic acids is 2. The third-order valence-electron chi connectivity index (χ3n) is 6.11. The summed E-state index contributed by atoms with van der Waals surface area (Å²) in [5.74, 6) is -1.86. The van der Waals surface area contributed by atoms with Crippen LogP contribution in [0.2, 0.25) is 0 Å². The lowest BCUT2D eigenvalue weighted by molar-refractivity contribution is -0.150. The lowest BCUT2D eigenvalue weighted by Gasteiger charge is -2.31. The predicted octanol–water partition coefficient (Wildman–Crippen LogP) is 1.61. The molecule has 0 aliphatic carbocycles. The van der Waals surface area contributed by atoms with Crippen molar-refractivity contribution in [3.63, 3.8) is 0 Å². The minimum atomic E-state index is -3.90. The second-order valence-corrected chi connectivity index (χ2v) is 12.3. The molecular weight excluding hydrogens is 484 g/mol. The van der Waals surface area contributed by atoms with Gasteiger partial charge < -0.3 is 9.47 Å². The van der Waals surface area contributed by atoms with Crippen LogP contribution in [0.3, 0.4) is 0 Å². The van der Waals surface area contributed by atoms with E-state index in [1.165, 1.54) is 32.9 Å². The molecule has 2 aliphatic rings. The number of hydrogen-bond donors (Lipinski definition) is 0. The minimum Gasteiger partial charge on any atom is -0.466 e. The highest BCUT2D eigenvalue weighted by Crippen LogP contribution is 2.28. The van der Waals surface area contributed by atoms with Gasteiger partial charge in [0.05, 0.1) is 34.8 Å². The molecule has 190 valence electrons. The highest BCUT2D eigenvalue weighted by molar-refractivity contribution is 7.89. The Labute approximate surface area is 201 Å². The third-order valence-corrected chi connectivity index (χ3v) is 9.87. The first-order chi connectivity index (χ1) is 16.1. The van der Waals surface area contributed by atoms with E-state index in [1.54, 1.807) is 13.8 Å². The Balaban J connectivity index is 1.74. The molecule has 34 heavy (non-hydrogen) atoms. The smallest absolute Gasteiger partial charge is 0.310 e. The van der Waals surface area contributed by atoms with Crippen molar-refractivity contribution < 1.29 is 35.9 Å². The fourth-order valence-corrected chi connectivity index (χ4v) is 7.36. The van der Waals surface area contributed by atoms with Crippen LogP contribution in [0.5, 0.6) is 0 Å². The molecule has 2 heterocycles. The fraction of sp³-hybridized carbons (Fsp3) is 0.636. The van der Waals surface area contributed by atoms with Crippen LogP contribution in [0.15, 0.2) is 34.1 Å². The molecule has 0 N–H and O–H groups in total. The van der Waals surface area contributed by atoms with E-state index in [0.29, 0.717) is 25.7 Å². The van der Waals surface area contributed by atoms with Gasteiger partial charge in [-0.15, -0.1) is 0 Å². The van der Waals surface area contributed by atoms with E-state index < -0.39 is 43.8 Å². The summed E-state index contributed by atoms with van der Waals surface area (Å²) in [5, 5.41) is 0. The monoisotopic (exact) mass is 516 g/mol. The average molecular weight is 517 g/mol. The van der Waals surface area contributed by atoms with Gasteiger partial charge in [-0.3, -0.25) is 9.59 Å². The maximum atomic E-state index is 13.1. The summed E-state index contributed by atoms with van der Waals surface area (Å²) in [5.41, 5.74) is 0. The van der Waals surface area contributed by atoms with Crippen LogP contribution >= 0.6 is 0 Å². The van der Waals surface area contributed by atoms with Gasteiger partial charge in [-0.05, 0) is 63.8 Å². The van der Waals surface area contributed by atoms with E-state index in [9.17, 15) is 26.4 Å². The third kappa shape index (κ3) is 5.78. The zero-order valence-corrected chi connectivity index (χ0v) is 21.1. The van der Waals surface area contributed by atoms with Gasteiger partial charge in [0.25, 0.3) is 0 Å². The molecule has 3 rings (SSSR count). The van der Waals surface area contributed by atoms with Crippen LogP contribution in [0.1, 0.15) is 39.5 Å². The van der Waals surface area contributed by atoms with Crippen molar-refractivity contribution in [3.8, 4) is 0 Å². The summed E-state index contributed by atoms with van der Waals surface area (Å²) >= 11 is 0. The summed E-state index contributed by atoms with van der Waals surface area (Å²) in [6, 6.07) is 5.07. The Bertz CT molecular complexity index is 999. The maximum absolute atomic E-state index is 13.1. The van der Waals surface area contributed by atoms with Crippen LogP contribution in [-0.4, -0.2) is 76.8 Å². The van der Waals surface area contributed by atoms with Gasteiger partial charge in [0, 0.05) is 26.2 Å². The Morgan fingerprint density at radius 2 is 1.12 bits per heavy atom. The minimum absolute atomic E-state index is 0.0320. The molecule has 12 heteroatoms. The van der Waals surface area contributed by atoms with Gasteiger partial charge in [0.1, 0.15) is 0 Å². The van der Waals surface area contributed by atoms with E-state index in [4.69, 9.17) is 9.47 Å². The number of rotatable bonds is 8. The van der Waals surface area contributed by atoms with E-state index in [0.717, 1.165) is 0 Å². The molecule has 0 aromatic heterocycles. The van der Waals surface area contributed by atoms with Gasteiger partial charge in [0.2, 0.25) is 20.0 Å². The molecule has 2 fully saturated rings. The van der Waals surface area contributed by atoms with Gasteiger partial charge in [0.15, 0.2) is 0 Å². The second-order valence-electron chi connectivity index (χ2n) is 8.38. The van der Waals surface area contributed by atoms with Crippen molar-refractivity contribution in [1.82, 2.24) is 8.61 Å². The van der Waals surface area contributed by atoms with E-state index in [1.807, 2.05) is 0 Å². The molecule has 0 radical (unpaired) electrons. The van der Waals surface area contributed by atoms with Crippen molar-refractivity contribution in [2.45, 2.75) is 49.3 Å². The first-order valence-corrected chi connectivity index (χ1v) is 14.4.